The Hall–Kier alpha value is -1.96. The Labute approximate surface area is 151 Å². The summed E-state index contributed by atoms with van der Waals surface area (Å²) in [6.45, 7) is 4.91. The number of rotatable bonds is 3. The molecule has 4 rings (SSSR count). The van der Waals surface area contributed by atoms with Gasteiger partial charge in [0, 0.05) is 5.69 Å². The molecule has 2 aliphatic carbocycles. The van der Waals surface area contributed by atoms with Gasteiger partial charge in [-0.2, -0.15) is 0 Å². The second-order valence-electron chi connectivity index (χ2n) is 8.71. The third-order valence-electron chi connectivity index (χ3n) is 6.28. The van der Waals surface area contributed by atoms with Gasteiger partial charge in [0.1, 0.15) is 11.5 Å². The predicted molar refractivity (Wildman–Crippen MR) is 104 cm³/mol. The molecule has 2 atom stereocenters. The van der Waals surface area contributed by atoms with Crippen LogP contribution < -0.4 is 10.5 Å². The van der Waals surface area contributed by atoms with E-state index in [0.717, 1.165) is 34.9 Å². The minimum atomic E-state index is 0.327. The SMILES string of the molecule is CC1CC2CC(C1)CC(C)(c1ccc(Oc3ccc(N)cc3)cc1)C2. The predicted octanol–water partition coefficient (Wildman–Crippen LogP) is 6.17. The standard InChI is InChI=1S/C23H29NO/c1-16-11-17-13-18(12-16)15-23(2,14-17)19-3-7-21(8-4-19)25-22-9-5-20(24)6-10-22/h3-10,16-18H,11-15,24H2,1-2H3. The van der Waals surface area contributed by atoms with Crippen molar-refractivity contribution in [2.24, 2.45) is 17.8 Å². The van der Waals surface area contributed by atoms with E-state index in [9.17, 15) is 0 Å². The van der Waals surface area contributed by atoms with Gasteiger partial charge in [0.25, 0.3) is 0 Å². The van der Waals surface area contributed by atoms with Crippen LogP contribution in [0.25, 0.3) is 0 Å². The Bertz CT molecular complexity index is 701. The molecule has 0 spiro atoms. The minimum absolute atomic E-state index is 0.327. The molecule has 2 aromatic rings. The van der Waals surface area contributed by atoms with Crippen molar-refractivity contribution in [2.75, 3.05) is 5.73 Å². The zero-order valence-electron chi connectivity index (χ0n) is 15.4. The Morgan fingerprint density at radius 3 is 1.92 bits per heavy atom. The van der Waals surface area contributed by atoms with Gasteiger partial charge in [-0.15, -0.1) is 0 Å². The number of fused-ring (bicyclic) bond motifs is 2. The van der Waals surface area contributed by atoms with Crippen molar-refractivity contribution in [3.63, 3.8) is 0 Å². The van der Waals surface area contributed by atoms with Gasteiger partial charge in [-0.3, -0.25) is 0 Å². The van der Waals surface area contributed by atoms with Crippen molar-refractivity contribution in [3.8, 4) is 11.5 Å². The minimum Gasteiger partial charge on any atom is -0.457 e. The van der Waals surface area contributed by atoms with Crippen LogP contribution in [0.4, 0.5) is 5.69 Å². The summed E-state index contributed by atoms with van der Waals surface area (Å²) in [5, 5.41) is 0. The number of anilines is 1. The molecule has 0 amide bonds. The van der Waals surface area contributed by atoms with Gasteiger partial charge in [-0.05, 0) is 97.2 Å². The van der Waals surface area contributed by atoms with Crippen molar-refractivity contribution < 1.29 is 4.74 Å². The quantitative estimate of drug-likeness (QED) is 0.681. The molecular weight excluding hydrogens is 306 g/mol. The van der Waals surface area contributed by atoms with Crippen LogP contribution in [-0.4, -0.2) is 0 Å². The Morgan fingerprint density at radius 1 is 0.840 bits per heavy atom. The van der Waals surface area contributed by atoms with Gasteiger partial charge in [-0.25, -0.2) is 0 Å². The van der Waals surface area contributed by atoms with Crippen LogP contribution in [0.2, 0.25) is 0 Å². The molecule has 2 saturated carbocycles. The lowest BCUT2D eigenvalue weighted by Crippen LogP contribution is -2.38. The van der Waals surface area contributed by atoms with Crippen molar-refractivity contribution >= 4 is 5.69 Å². The maximum Gasteiger partial charge on any atom is 0.127 e. The Balaban J connectivity index is 1.49. The van der Waals surface area contributed by atoms with Crippen LogP contribution in [-0.2, 0) is 5.41 Å². The average molecular weight is 335 g/mol. The van der Waals surface area contributed by atoms with E-state index in [1.165, 1.54) is 37.7 Å². The van der Waals surface area contributed by atoms with Gasteiger partial charge in [0.2, 0.25) is 0 Å². The molecule has 0 heterocycles. The smallest absolute Gasteiger partial charge is 0.127 e. The van der Waals surface area contributed by atoms with E-state index in [-0.39, 0.29) is 0 Å². The molecule has 0 radical (unpaired) electrons. The molecule has 2 nitrogen and oxygen atoms in total. The van der Waals surface area contributed by atoms with Crippen LogP contribution in [0.1, 0.15) is 51.5 Å². The highest BCUT2D eigenvalue weighted by Gasteiger charge is 2.41. The Kier molecular flexibility index (Phi) is 4.23. The maximum atomic E-state index is 5.94. The van der Waals surface area contributed by atoms with E-state index in [0.29, 0.717) is 5.41 Å². The molecule has 2 fully saturated rings. The van der Waals surface area contributed by atoms with E-state index >= 15 is 0 Å². The lowest BCUT2D eigenvalue weighted by molar-refractivity contribution is 0.0899. The van der Waals surface area contributed by atoms with E-state index < -0.39 is 0 Å². The second kappa shape index (κ2) is 6.40. The van der Waals surface area contributed by atoms with Gasteiger partial charge in [0.05, 0.1) is 0 Å². The summed E-state index contributed by atoms with van der Waals surface area (Å²) in [4.78, 5) is 0. The van der Waals surface area contributed by atoms with Crippen LogP contribution in [0.5, 0.6) is 11.5 Å². The van der Waals surface area contributed by atoms with Crippen molar-refractivity contribution in [3.05, 3.63) is 54.1 Å². The number of hydrogen-bond acceptors (Lipinski definition) is 2. The molecule has 2 N–H and O–H groups in total. The lowest BCUT2D eigenvalue weighted by atomic mass is 9.58. The van der Waals surface area contributed by atoms with Crippen molar-refractivity contribution in [2.45, 2.75) is 51.4 Å². The zero-order chi connectivity index (χ0) is 17.4. The first kappa shape index (κ1) is 16.5. The summed E-state index contributed by atoms with van der Waals surface area (Å²) >= 11 is 0. The van der Waals surface area contributed by atoms with E-state index in [2.05, 4.69) is 38.1 Å². The molecule has 2 aliphatic rings. The number of hydrogen-bond donors (Lipinski definition) is 1. The maximum absolute atomic E-state index is 5.94. The molecule has 0 aromatic heterocycles. The molecule has 25 heavy (non-hydrogen) atoms. The fourth-order valence-corrected chi connectivity index (χ4v) is 5.42. The fourth-order valence-electron chi connectivity index (χ4n) is 5.42. The number of nitrogen functional groups attached to an aromatic ring is 1. The van der Waals surface area contributed by atoms with Crippen LogP contribution in [0, 0.1) is 17.8 Å². The summed E-state index contributed by atoms with van der Waals surface area (Å²) in [7, 11) is 0. The first-order valence-corrected chi connectivity index (χ1v) is 9.64. The van der Waals surface area contributed by atoms with Gasteiger partial charge in [0.15, 0.2) is 0 Å². The van der Waals surface area contributed by atoms with Crippen molar-refractivity contribution in [1.29, 1.82) is 0 Å². The largest absolute Gasteiger partial charge is 0.457 e. The van der Waals surface area contributed by atoms with Gasteiger partial charge < -0.3 is 10.5 Å². The second-order valence-corrected chi connectivity index (χ2v) is 8.71. The summed E-state index contributed by atoms with van der Waals surface area (Å²) < 4.78 is 5.94. The van der Waals surface area contributed by atoms with Crippen LogP contribution in [0.3, 0.4) is 0 Å². The molecular formula is C23H29NO. The van der Waals surface area contributed by atoms with Crippen LogP contribution in [0.15, 0.2) is 48.5 Å². The van der Waals surface area contributed by atoms with Gasteiger partial charge >= 0.3 is 0 Å². The van der Waals surface area contributed by atoms with Crippen molar-refractivity contribution in [1.82, 2.24) is 0 Å². The summed E-state index contributed by atoms with van der Waals surface area (Å²) in [6.07, 6.45) is 6.98. The lowest BCUT2D eigenvalue weighted by Gasteiger charge is -2.47. The molecule has 2 aromatic carbocycles. The number of ether oxygens (including phenoxy) is 1. The first-order valence-electron chi connectivity index (χ1n) is 9.64. The monoisotopic (exact) mass is 335 g/mol. The fraction of sp³-hybridized carbons (Fsp3) is 0.478. The van der Waals surface area contributed by atoms with Gasteiger partial charge in [-0.1, -0.05) is 26.0 Å². The summed E-state index contributed by atoms with van der Waals surface area (Å²) in [5.41, 5.74) is 8.29. The molecule has 0 saturated heterocycles. The molecule has 2 unspecified atom stereocenters. The van der Waals surface area contributed by atoms with E-state index in [1.54, 1.807) is 0 Å². The van der Waals surface area contributed by atoms with Crippen LogP contribution >= 0.6 is 0 Å². The summed E-state index contributed by atoms with van der Waals surface area (Å²) in [5.74, 6) is 4.47. The van der Waals surface area contributed by atoms with E-state index in [4.69, 9.17) is 10.5 Å². The summed E-state index contributed by atoms with van der Waals surface area (Å²) in [6, 6.07) is 16.3. The molecule has 2 bridgehead atoms. The zero-order valence-corrected chi connectivity index (χ0v) is 15.4. The third kappa shape index (κ3) is 3.53. The number of nitrogens with two attached hydrogens (primary N) is 1. The molecule has 132 valence electrons. The van der Waals surface area contributed by atoms with E-state index in [1.807, 2.05) is 24.3 Å². The first-order chi connectivity index (χ1) is 12.0. The normalized spacial score (nSPS) is 31.5. The highest BCUT2D eigenvalue weighted by molar-refractivity contribution is 5.43. The molecule has 0 aliphatic heterocycles. The number of benzene rings is 2. The topological polar surface area (TPSA) is 35.2 Å². The Morgan fingerprint density at radius 2 is 1.36 bits per heavy atom. The highest BCUT2D eigenvalue weighted by atomic mass is 16.5. The molecule has 2 heteroatoms. The highest BCUT2D eigenvalue weighted by Crippen LogP contribution is 2.51. The third-order valence-corrected chi connectivity index (χ3v) is 6.28. The average Bonchev–Trinajstić information content (AvgIpc) is 2.56.